The minimum Gasteiger partial charge on any atom is -0.388 e. The van der Waals surface area contributed by atoms with E-state index in [2.05, 4.69) is 152 Å². The minimum absolute atomic E-state index is 0.113. The van der Waals surface area contributed by atoms with Crippen molar-refractivity contribution in [3.8, 4) is 11.1 Å². The Bertz CT molecular complexity index is 2440. The largest absolute Gasteiger partial charge is 0.388 e. The molecule has 0 amide bonds. The third-order valence-electron chi connectivity index (χ3n) is 11.9. The van der Waals surface area contributed by atoms with Crippen molar-refractivity contribution in [2.75, 3.05) is 19.4 Å². The second-order valence-electron chi connectivity index (χ2n) is 14.2. The van der Waals surface area contributed by atoms with Crippen molar-refractivity contribution in [1.82, 2.24) is 5.32 Å². The van der Waals surface area contributed by atoms with Crippen LogP contribution >= 0.6 is 0 Å². The first-order chi connectivity index (χ1) is 24.2. The van der Waals surface area contributed by atoms with Crippen LogP contribution in [-0.4, -0.2) is 14.1 Å². The molecule has 6 aromatic carbocycles. The van der Waals surface area contributed by atoms with Gasteiger partial charge in [0, 0.05) is 24.7 Å². The quantitative estimate of drug-likeness (QED) is 0.191. The van der Waals surface area contributed by atoms with Crippen molar-refractivity contribution in [2.45, 2.75) is 37.6 Å². The van der Waals surface area contributed by atoms with Crippen LogP contribution in [0.15, 0.2) is 121 Å². The number of hydrogen-bond acceptors (Lipinski definition) is 2. The number of rotatable bonds is 6. The van der Waals surface area contributed by atoms with Gasteiger partial charge in [-0.15, -0.1) is 0 Å². The molecule has 0 saturated heterocycles. The smallest absolute Gasteiger partial charge is 0.0397 e. The third-order valence-corrected chi connectivity index (χ3v) is 11.9. The Morgan fingerprint density at radius 1 is 0.694 bits per heavy atom. The van der Waals surface area contributed by atoms with Crippen LogP contribution in [0.25, 0.3) is 49.9 Å². The number of anilines is 1. The molecule has 0 aliphatic heterocycles. The van der Waals surface area contributed by atoms with Crippen LogP contribution in [0.1, 0.15) is 69.3 Å². The molecule has 10 rings (SSSR count). The standard InChI is InChI=1S/C47H40N2/c1-48-42-24-10-9-19-37(42)46(47(49-2)40-26-29-14-3-5-15-31(29)33-17-7-8-18-34(33)40)39-23-12-21-36-35-20-11-22-38-43-30(27-41(44(35)38)45(36)39)25-28-13-4-6-16-32(28)43/h3-7,9-17,19-22,24,26-27,39,46-49H,8,18,23,25H2,1-2H3. The van der Waals surface area contributed by atoms with Crippen molar-refractivity contribution < 1.29 is 0 Å². The van der Waals surface area contributed by atoms with Gasteiger partial charge in [-0.05, 0) is 145 Å². The van der Waals surface area contributed by atoms with Gasteiger partial charge in [0.15, 0.2) is 0 Å². The van der Waals surface area contributed by atoms with Gasteiger partial charge in [0.25, 0.3) is 0 Å². The second-order valence-corrected chi connectivity index (χ2v) is 14.2. The average molecular weight is 633 g/mol. The van der Waals surface area contributed by atoms with Crippen LogP contribution in [0.4, 0.5) is 5.69 Å². The molecule has 238 valence electrons. The molecule has 0 spiro atoms. The topological polar surface area (TPSA) is 24.1 Å². The van der Waals surface area contributed by atoms with Gasteiger partial charge in [-0.3, -0.25) is 0 Å². The second kappa shape index (κ2) is 11.2. The summed E-state index contributed by atoms with van der Waals surface area (Å²) in [7, 11) is 4.26. The number of allylic oxidation sites excluding steroid dienone is 5. The first kappa shape index (κ1) is 28.8. The first-order valence-electron chi connectivity index (χ1n) is 18.0. The fraction of sp³-hybridized carbons (Fsp3) is 0.191. The maximum atomic E-state index is 3.96. The van der Waals surface area contributed by atoms with Gasteiger partial charge < -0.3 is 10.6 Å². The lowest BCUT2D eigenvalue weighted by Crippen LogP contribution is -2.32. The molecule has 0 heterocycles. The van der Waals surface area contributed by atoms with Crippen molar-refractivity contribution in [1.29, 1.82) is 0 Å². The maximum Gasteiger partial charge on any atom is 0.0397 e. The number of hydrogen-bond donors (Lipinski definition) is 2. The zero-order valence-corrected chi connectivity index (χ0v) is 28.2. The summed E-state index contributed by atoms with van der Waals surface area (Å²) in [6.45, 7) is 0. The van der Waals surface area contributed by atoms with Crippen LogP contribution in [-0.2, 0) is 12.8 Å². The Hall–Kier alpha value is -5.18. The third kappa shape index (κ3) is 4.17. The molecule has 0 radical (unpaired) electrons. The molecule has 2 heteroatoms. The van der Waals surface area contributed by atoms with E-state index in [0.29, 0.717) is 0 Å². The van der Waals surface area contributed by atoms with E-state index in [1.165, 1.54) is 94.0 Å². The summed E-state index contributed by atoms with van der Waals surface area (Å²) in [6, 6.07) is 39.2. The average Bonchev–Trinajstić information content (AvgIpc) is 3.70. The highest BCUT2D eigenvalue weighted by Crippen LogP contribution is 2.58. The Morgan fingerprint density at radius 2 is 1.51 bits per heavy atom. The van der Waals surface area contributed by atoms with E-state index < -0.39 is 0 Å². The highest BCUT2D eigenvalue weighted by molar-refractivity contribution is 6.20. The molecule has 3 unspecified atom stereocenters. The molecule has 3 atom stereocenters. The first-order valence-corrected chi connectivity index (χ1v) is 18.0. The van der Waals surface area contributed by atoms with Crippen LogP contribution in [0.5, 0.6) is 0 Å². The summed E-state index contributed by atoms with van der Waals surface area (Å²) in [5.41, 5.74) is 18.5. The van der Waals surface area contributed by atoms with Crippen LogP contribution in [0.2, 0.25) is 0 Å². The van der Waals surface area contributed by atoms with Crippen LogP contribution in [0, 0.1) is 5.92 Å². The predicted octanol–water partition coefficient (Wildman–Crippen LogP) is 11.1. The van der Waals surface area contributed by atoms with E-state index in [1.54, 1.807) is 0 Å². The zero-order chi connectivity index (χ0) is 32.6. The monoisotopic (exact) mass is 632 g/mol. The number of benzene rings is 6. The highest BCUT2D eigenvalue weighted by atomic mass is 14.9. The number of fused-ring (bicyclic) bond motifs is 9. The van der Waals surface area contributed by atoms with Crippen LogP contribution in [0.3, 0.4) is 0 Å². The summed E-state index contributed by atoms with van der Waals surface area (Å²) in [5.74, 6) is 0.472. The van der Waals surface area contributed by atoms with Crippen molar-refractivity contribution in [2.24, 2.45) is 5.92 Å². The SMILES string of the molecule is CNc1ccccc1C(C1CC=CC2=C1c1cc3c(c4cccc2c14)-c1ccccc1C3)C(NC)c1cc2ccccc2c2c1CCC=C2. The molecule has 0 saturated carbocycles. The number of nitrogens with one attached hydrogen (secondary N) is 2. The van der Waals surface area contributed by atoms with Crippen molar-refractivity contribution in [3.63, 3.8) is 0 Å². The predicted molar refractivity (Wildman–Crippen MR) is 208 cm³/mol. The Balaban J connectivity index is 1.21. The fourth-order valence-corrected chi connectivity index (χ4v) is 10.00. The summed E-state index contributed by atoms with van der Waals surface area (Å²) in [6.07, 6.45) is 13.8. The normalized spacial score (nSPS) is 18.0. The molecule has 0 fully saturated rings. The summed E-state index contributed by atoms with van der Waals surface area (Å²) < 4.78 is 0. The lowest BCUT2D eigenvalue weighted by atomic mass is 9.68. The van der Waals surface area contributed by atoms with E-state index in [9.17, 15) is 0 Å². The van der Waals surface area contributed by atoms with E-state index in [4.69, 9.17) is 0 Å². The molecule has 4 aliphatic rings. The van der Waals surface area contributed by atoms with Gasteiger partial charge in [0.1, 0.15) is 0 Å². The summed E-state index contributed by atoms with van der Waals surface area (Å²) in [5, 5.41) is 13.1. The molecule has 2 nitrogen and oxygen atoms in total. The number of likely N-dealkylation sites (N-methyl/N-ethyl adjacent to an activating group) is 1. The lowest BCUT2D eigenvalue weighted by molar-refractivity contribution is 0.399. The van der Waals surface area contributed by atoms with E-state index in [0.717, 1.165) is 25.7 Å². The minimum atomic E-state index is 0.113. The molecular weight excluding hydrogens is 593 g/mol. The van der Waals surface area contributed by atoms with Crippen molar-refractivity contribution in [3.05, 3.63) is 166 Å². The molecule has 49 heavy (non-hydrogen) atoms. The van der Waals surface area contributed by atoms with Gasteiger partial charge >= 0.3 is 0 Å². The molecule has 0 bridgehead atoms. The molecular formula is C47H40N2. The molecule has 4 aliphatic carbocycles. The summed E-state index contributed by atoms with van der Waals surface area (Å²) in [4.78, 5) is 0. The van der Waals surface area contributed by atoms with E-state index in [-0.39, 0.29) is 17.9 Å². The molecule has 6 aromatic rings. The summed E-state index contributed by atoms with van der Waals surface area (Å²) >= 11 is 0. The van der Waals surface area contributed by atoms with E-state index in [1.807, 2.05) is 0 Å². The molecule has 0 aromatic heterocycles. The van der Waals surface area contributed by atoms with Gasteiger partial charge in [0.2, 0.25) is 0 Å². The van der Waals surface area contributed by atoms with Crippen LogP contribution < -0.4 is 10.6 Å². The highest BCUT2D eigenvalue weighted by Gasteiger charge is 2.41. The van der Waals surface area contributed by atoms with Gasteiger partial charge in [0.05, 0.1) is 0 Å². The maximum absolute atomic E-state index is 3.96. The van der Waals surface area contributed by atoms with E-state index >= 15 is 0 Å². The van der Waals surface area contributed by atoms with Gasteiger partial charge in [-0.1, -0.05) is 109 Å². The zero-order valence-electron chi connectivity index (χ0n) is 28.2. The number of para-hydroxylation sites is 1. The van der Waals surface area contributed by atoms with Crippen molar-refractivity contribution >= 4 is 44.5 Å². The molecule has 2 N–H and O–H groups in total. The van der Waals surface area contributed by atoms with Gasteiger partial charge in [-0.25, -0.2) is 0 Å². The Labute approximate surface area is 288 Å². The fourth-order valence-electron chi connectivity index (χ4n) is 10.00. The van der Waals surface area contributed by atoms with Gasteiger partial charge in [-0.2, -0.15) is 0 Å². The Morgan fingerprint density at radius 3 is 2.43 bits per heavy atom. The Kier molecular flexibility index (Phi) is 6.57. The lowest BCUT2D eigenvalue weighted by Gasteiger charge is -2.39.